The Labute approximate surface area is 337 Å². The third-order valence-corrected chi connectivity index (χ3v) is 13.7. The molecule has 6 rings (SSSR count). The van der Waals surface area contributed by atoms with Crippen LogP contribution in [0.25, 0.3) is 0 Å². The molecule has 0 amide bonds. The SMILES string of the molecule is COC(=O)C1(Nc2cccc(Cl)c2)CCC2(CC1)c1cc(OS(=O)(=O)C(F)(F)F)c(OS(=O)(=O)C(F)(F)F)cc1CC2C[C@@H](C)COc1ccnc2c1[C@H](C)CCC2. The van der Waals surface area contributed by atoms with Crippen molar-refractivity contribution in [1.82, 2.24) is 4.98 Å². The molecule has 20 heteroatoms. The minimum atomic E-state index is -6.53. The van der Waals surface area contributed by atoms with Crippen LogP contribution in [0, 0.1) is 11.8 Å². The predicted molar refractivity (Wildman–Crippen MR) is 200 cm³/mol. The standard InChI is InChI=1S/C38H41ClF6N2O9S2/c1-22(21-54-30-10-15-46-29-9-4-6-23(2)33(29)30)16-25-17-24-18-31(55-57(49,50)37(40,41)42)32(56-58(51,52)38(43,44)45)20-28(24)35(25)11-13-36(14-12-35,34(48)53-3)47-27-8-5-7-26(39)19-27/h5,7-8,10,15,18-20,22-23,25,47H,4,6,9,11-14,16-17,21H2,1-3H3/t22-,23-,25?,35?,36?/m1/s1. The highest BCUT2D eigenvalue weighted by Gasteiger charge is 2.56. The number of aromatic nitrogens is 1. The van der Waals surface area contributed by atoms with Crippen molar-refractivity contribution in [3.63, 3.8) is 0 Å². The summed E-state index contributed by atoms with van der Waals surface area (Å²) in [6.07, 6.45) is 5.37. The summed E-state index contributed by atoms with van der Waals surface area (Å²) in [6.45, 7) is 4.25. The van der Waals surface area contributed by atoms with E-state index < -0.39 is 65.6 Å². The van der Waals surface area contributed by atoms with Crippen molar-refractivity contribution in [2.24, 2.45) is 11.8 Å². The van der Waals surface area contributed by atoms with E-state index in [1.54, 1.807) is 36.5 Å². The van der Waals surface area contributed by atoms with Crippen molar-refractivity contribution in [2.45, 2.75) is 99.5 Å². The van der Waals surface area contributed by atoms with Crippen molar-refractivity contribution in [3.8, 4) is 17.2 Å². The molecule has 0 aliphatic heterocycles. The number of benzene rings is 2. The van der Waals surface area contributed by atoms with Crippen LogP contribution in [-0.4, -0.2) is 58.1 Å². The average molecular weight is 883 g/mol. The molecule has 3 aromatic rings. The van der Waals surface area contributed by atoms with Gasteiger partial charge in [-0.25, -0.2) is 4.79 Å². The maximum atomic E-state index is 13.6. The lowest BCUT2D eigenvalue weighted by atomic mass is 9.59. The smallest absolute Gasteiger partial charge is 0.493 e. The molecule has 11 nitrogen and oxygen atoms in total. The largest absolute Gasteiger partial charge is 0.534 e. The molecule has 1 N–H and O–H groups in total. The summed E-state index contributed by atoms with van der Waals surface area (Å²) in [7, 11) is -11.8. The van der Waals surface area contributed by atoms with E-state index >= 15 is 0 Å². The summed E-state index contributed by atoms with van der Waals surface area (Å²) in [6, 6.07) is 9.99. The lowest BCUT2D eigenvalue weighted by Crippen LogP contribution is -2.53. The van der Waals surface area contributed by atoms with Crippen LogP contribution < -0.4 is 18.4 Å². The Morgan fingerprint density at radius 3 is 2.19 bits per heavy atom. The van der Waals surface area contributed by atoms with Gasteiger partial charge in [-0.2, -0.15) is 43.2 Å². The van der Waals surface area contributed by atoms with Gasteiger partial charge in [0.15, 0.2) is 11.5 Å². The molecule has 318 valence electrons. The second-order valence-corrected chi connectivity index (χ2v) is 18.8. The first-order chi connectivity index (χ1) is 27.0. The van der Waals surface area contributed by atoms with E-state index in [-0.39, 0.29) is 61.7 Å². The number of halogens is 7. The molecule has 0 radical (unpaired) electrons. The Bertz CT molecular complexity index is 2260. The molecule has 1 saturated carbocycles. The first-order valence-corrected chi connectivity index (χ1v) is 21.6. The molecule has 1 unspecified atom stereocenters. The van der Waals surface area contributed by atoms with Gasteiger partial charge in [-0.1, -0.05) is 31.5 Å². The fourth-order valence-electron chi connectivity index (χ4n) is 8.76. The zero-order valence-corrected chi connectivity index (χ0v) is 33.9. The molecule has 3 aliphatic carbocycles. The normalized spacial score (nSPS) is 24.0. The van der Waals surface area contributed by atoms with E-state index in [9.17, 15) is 48.0 Å². The van der Waals surface area contributed by atoms with E-state index in [1.165, 1.54) is 7.11 Å². The lowest BCUT2D eigenvalue weighted by Gasteiger charge is -2.47. The third-order valence-electron chi connectivity index (χ3n) is 11.5. The van der Waals surface area contributed by atoms with Crippen LogP contribution in [0.1, 0.15) is 87.1 Å². The molecule has 1 spiro atoms. The van der Waals surface area contributed by atoms with E-state index in [4.69, 9.17) is 21.1 Å². The maximum absolute atomic E-state index is 13.6. The minimum Gasteiger partial charge on any atom is -0.493 e. The van der Waals surface area contributed by atoms with Crippen LogP contribution in [0.3, 0.4) is 0 Å². The number of carbonyl (C=O) groups is 1. The molecule has 3 aliphatic rings. The molecule has 3 atom stereocenters. The number of anilines is 1. The second-order valence-electron chi connectivity index (χ2n) is 15.3. The first kappa shape index (κ1) is 43.6. The summed E-state index contributed by atoms with van der Waals surface area (Å²) in [4.78, 5) is 18.0. The van der Waals surface area contributed by atoms with Gasteiger partial charge in [0.05, 0.1) is 13.7 Å². The number of esters is 1. The van der Waals surface area contributed by atoms with Crippen LogP contribution in [0.4, 0.5) is 32.0 Å². The molecule has 1 fully saturated rings. The number of alkyl halides is 6. The molecule has 2 aromatic carbocycles. The predicted octanol–water partition coefficient (Wildman–Crippen LogP) is 8.74. The summed E-state index contributed by atoms with van der Waals surface area (Å²) in [5.74, 6) is -3.11. The summed E-state index contributed by atoms with van der Waals surface area (Å²) >= 11 is 6.21. The van der Waals surface area contributed by atoms with Crippen molar-refractivity contribution in [3.05, 3.63) is 76.1 Å². The Morgan fingerprint density at radius 1 is 0.948 bits per heavy atom. The third kappa shape index (κ3) is 8.53. The van der Waals surface area contributed by atoms with Crippen LogP contribution in [0.15, 0.2) is 48.7 Å². The van der Waals surface area contributed by atoms with E-state index in [0.29, 0.717) is 22.9 Å². The van der Waals surface area contributed by atoms with Gasteiger partial charge >= 0.3 is 37.2 Å². The van der Waals surface area contributed by atoms with Gasteiger partial charge in [-0.15, -0.1) is 0 Å². The van der Waals surface area contributed by atoms with Crippen molar-refractivity contribution in [1.29, 1.82) is 0 Å². The minimum absolute atomic E-state index is 0.0725. The molecular formula is C38H41ClF6N2O9S2. The highest BCUT2D eigenvalue weighted by Crippen LogP contribution is 2.58. The number of aryl methyl sites for hydroxylation is 1. The van der Waals surface area contributed by atoms with E-state index in [2.05, 4.69) is 25.6 Å². The van der Waals surface area contributed by atoms with Crippen LogP contribution in [0.5, 0.6) is 17.2 Å². The van der Waals surface area contributed by atoms with Gasteiger partial charge in [0.2, 0.25) is 0 Å². The van der Waals surface area contributed by atoms with Gasteiger partial charge in [-0.05, 0) is 128 Å². The number of hydrogen-bond acceptors (Lipinski definition) is 11. The summed E-state index contributed by atoms with van der Waals surface area (Å²) < 4.78 is 150. The second kappa shape index (κ2) is 15.9. The number of methoxy groups -OCH3 is 1. The molecule has 0 saturated heterocycles. The topological polar surface area (TPSA) is 147 Å². The highest BCUT2D eigenvalue weighted by molar-refractivity contribution is 7.88. The molecule has 0 bridgehead atoms. The Hall–Kier alpha value is -3.97. The fourth-order valence-corrected chi connectivity index (χ4v) is 9.87. The lowest BCUT2D eigenvalue weighted by molar-refractivity contribution is -0.148. The zero-order valence-electron chi connectivity index (χ0n) is 31.5. The van der Waals surface area contributed by atoms with Crippen molar-refractivity contribution >= 4 is 43.5 Å². The zero-order chi connectivity index (χ0) is 42.5. The number of nitrogens with zero attached hydrogens (tertiary/aromatic N) is 1. The number of pyridine rings is 1. The molecule has 58 heavy (non-hydrogen) atoms. The fraction of sp³-hybridized carbons (Fsp3) is 0.526. The maximum Gasteiger partial charge on any atom is 0.534 e. The van der Waals surface area contributed by atoms with E-state index in [1.807, 2.05) is 6.92 Å². The Morgan fingerprint density at radius 2 is 1.59 bits per heavy atom. The van der Waals surface area contributed by atoms with Crippen molar-refractivity contribution in [2.75, 3.05) is 19.0 Å². The molecular weight excluding hydrogens is 842 g/mol. The van der Waals surface area contributed by atoms with Gasteiger partial charge in [0, 0.05) is 28.2 Å². The number of ether oxygens (including phenoxy) is 2. The van der Waals surface area contributed by atoms with E-state index in [0.717, 1.165) is 42.7 Å². The van der Waals surface area contributed by atoms with Gasteiger partial charge in [-0.3, -0.25) is 4.98 Å². The summed E-state index contributed by atoms with van der Waals surface area (Å²) in [5.41, 5.74) is -11.5. The highest BCUT2D eigenvalue weighted by atomic mass is 35.5. The average Bonchev–Trinajstić information content (AvgIpc) is 3.40. The number of rotatable bonds is 12. The number of carbonyl (C=O) groups excluding carboxylic acids is 1. The van der Waals surface area contributed by atoms with Crippen molar-refractivity contribution < 1.29 is 65.8 Å². The Balaban J connectivity index is 1.40. The van der Waals surface area contributed by atoms with Gasteiger partial charge in [0.1, 0.15) is 11.3 Å². The van der Waals surface area contributed by atoms with Crippen LogP contribution >= 0.6 is 11.6 Å². The molecule has 1 aromatic heterocycles. The van der Waals surface area contributed by atoms with Gasteiger partial charge in [0.25, 0.3) is 0 Å². The summed E-state index contributed by atoms with van der Waals surface area (Å²) in [5, 5.41) is 3.62. The monoisotopic (exact) mass is 882 g/mol. The quantitative estimate of drug-likeness (QED) is 0.0806. The van der Waals surface area contributed by atoms with Crippen LogP contribution in [0.2, 0.25) is 5.02 Å². The van der Waals surface area contributed by atoms with Crippen LogP contribution in [-0.2, 0) is 48.0 Å². The Kier molecular flexibility index (Phi) is 12.0. The molecule has 1 heterocycles. The number of nitrogens with one attached hydrogen (secondary N) is 1. The van der Waals surface area contributed by atoms with Gasteiger partial charge < -0.3 is 23.2 Å². The number of hydrogen-bond donors (Lipinski definition) is 1. The first-order valence-electron chi connectivity index (χ1n) is 18.4. The number of fused-ring (bicyclic) bond motifs is 3.